The summed E-state index contributed by atoms with van der Waals surface area (Å²) in [5.74, 6) is 0.599. The van der Waals surface area contributed by atoms with E-state index in [4.69, 9.17) is 4.42 Å². The van der Waals surface area contributed by atoms with Crippen LogP contribution in [0.4, 0.5) is 4.79 Å². The lowest BCUT2D eigenvalue weighted by molar-refractivity contribution is -0.121. The molecule has 2 rings (SSSR count). The molecular weight excluding hydrogens is 258 g/mol. The van der Waals surface area contributed by atoms with Gasteiger partial charge in [-0.1, -0.05) is 12.8 Å². The third-order valence-corrected chi connectivity index (χ3v) is 3.56. The summed E-state index contributed by atoms with van der Waals surface area (Å²) in [7, 11) is 1.49. The maximum absolute atomic E-state index is 11.9. The van der Waals surface area contributed by atoms with Crippen molar-refractivity contribution in [3.8, 4) is 0 Å². The number of carbonyl (C=O) groups is 2. The van der Waals surface area contributed by atoms with Crippen LogP contribution in [0.3, 0.4) is 0 Å². The highest BCUT2D eigenvalue weighted by Gasteiger charge is 2.26. The molecule has 110 valence electrons. The van der Waals surface area contributed by atoms with Crippen LogP contribution >= 0.6 is 0 Å². The summed E-state index contributed by atoms with van der Waals surface area (Å²) < 4.78 is 5.49. The van der Waals surface area contributed by atoms with E-state index in [-0.39, 0.29) is 18.5 Å². The van der Waals surface area contributed by atoms with Gasteiger partial charge in [-0.05, 0) is 31.5 Å². The van der Waals surface area contributed by atoms with Crippen LogP contribution in [0.25, 0.3) is 0 Å². The van der Waals surface area contributed by atoms with E-state index < -0.39 is 6.03 Å². The van der Waals surface area contributed by atoms with Gasteiger partial charge in [-0.15, -0.1) is 0 Å². The molecule has 2 heterocycles. The molecule has 3 amide bonds. The largest absolute Gasteiger partial charge is 0.468 e. The molecule has 1 aromatic rings. The minimum absolute atomic E-state index is 0.114. The number of likely N-dealkylation sites (tertiary alicyclic amines) is 1. The summed E-state index contributed by atoms with van der Waals surface area (Å²) in [5.41, 5.74) is 0. The number of urea groups is 1. The molecule has 6 nitrogen and oxygen atoms in total. The van der Waals surface area contributed by atoms with Gasteiger partial charge in [-0.2, -0.15) is 0 Å². The summed E-state index contributed by atoms with van der Waals surface area (Å²) in [4.78, 5) is 25.1. The van der Waals surface area contributed by atoms with Crippen molar-refractivity contribution in [2.45, 2.75) is 31.7 Å². The molecule has 1 saturated heterocycles. The second kappa shape index (κ2) is 7.09. The van der Waals surface area contributed by atoms with Gasteiger partial charge >= 0.3 is 6.03 Å². The Morgan fingerprint density at radius 1 is 1.40 bits per heavy atom. The van der Waals surface area contributed by atoms with Gasteiger partial charge < -0.3 is 9.73 Å². The summed E-state index contributed by atoms with van der Waals surface area (Å²) in [5, 5.41) is 4.68. The Balaban J connectivity index is 2.01. The quantitative estimate of drug-likeness (QED) is 0.882. The third kappa shape index (κ3) is 3.84. The Hall–Kier alpha value is -1.82. The molecule has 0 spiro atoms. The Bertz CT molecular complexity index is 445. The lowest BCUT2D eigenvalue weighted by Gasteiger charge is -2.27. The highest BCUT2D eigenvalue weighted by molar-refractivity contribution is 5.95. The molecule has 1 unspecified atom stereocenters. The molecule has 0 radical (unpaired) electrons. The van der Waals surface area contributed by atoms with Gasteiger partial charge in [0.25, 0.3) is 0 Å². The number of carbonyl (C=O) groups excluding carboxylic acids is 2. The van der Waals surface area contributed by atoms with Gasteiger partial charge in [0.15, 0.2) is 0 Å². The lowest BCUT2D eigenvalue weighted by atomic mass is 10.1. The zero-order chi connectivity index (χ0) is 14.4. The first-order chi connectivity index (χ1) is 9.70. The summed E-state index contributed by atoms with van der Waals surface area (Å²) in [6, 6.07) is 3.45. The lowest BCUT2D eigenvalue weighted by Crippen LogP contribution is -2.44. The molecule has 1 fully saturated rings. The monoisotopic (exact) mass is 279 g/mol. The summed E-state index contributed by atoms with van der Waals surface area (Å²) in [6.45, 7) is 1.05. The highest BCUT2D eigenvalue weighted by Crippen LogP contribution is 2.29. The summed E-state index contributed by atoms with van der Waals surface area (Å²) >= 11 is 0. The van der Waals surface area contributed by atoms with Crippen LogP contribution in [0, 0.1) is 0 Å². The molecular formula is C14H21N3O3. The number of hydrogen-bond acceptors (Lipinski definition) is 4. The average molecular weight is 279 g/mol. The van der Waals surface area contributed by atoms with Crippen LogP contribution in [0.1, 0.15) is 37.5 Å². The fourth-order valence-electron chi connectivity index (χ4n) is 2.57. The molecule has 0 saturated carbocycles. The van der Waals surface area contributed by atoms with Crippen molar-refractivity contribution >= 4 is 11.9 Å². The second-order valence-electron chi connectivity index (χ2n) is 4.98. The molecule has 6 heteroatoms. The number of nitrogens with one attached hydrogen (secondary N) is 2. The van der Waals surface area contributed by atoms with Gasteiger partial charge in [0.1, 0.15) is 5.76 Å². The number of imide groups is 1. The van der Waals surface area contributed by atoms with Crippen LogP contribution in [-0.2, 0) is 4.79 Å². The van der Waals surface area contributed by atoms with Gasteiger partial charge in [0.2, 0.25) is 5.91 Å². The first-order valence-electron chi connectivity index (χ1n) is 6.99. The minimum atomic E-state index is -0.473. The first-order valence-corrected chi connectivity index (χ1v) is 6.99. The molecule has 0 bridgehead atoms. The molecule has 2 N–H and O–H groups in total. The van der Waals surface area contributed by atoms with Crippen LogP contribution in [0.5, 0.6) is 0 Å². The Morgan fingerprint density at radius 2 is 2.25 bits per heavy atom. The predicted octanol–water partition coefficient (Wildman–Crippen LogP) is 1.65. The standard InChI is InChI=1S/C14H21N3O3/c1-15-14(19)16-13(18)10-17-8-4-2-3-6-11(17)12-7-5-9-20-12/h5,7,9,11H,2-4,6,8,10H2,1H3,(H2,15,16,18,19). The average Bonchev–Trinajstić information content (AvgIpc) is 2.86. The van der Waals surface area contributed by atoms with Crippen molar-refractivity contribution in [2.75, 3.05) is 20.1 Å². The van der Waals surface area contributed by atoms with Crippen molar-refractivity contribution in [3.63, 3.8) is 0 Å². The normalized spacial score (nSPS) is 20.1. The van der Waals surface area contributed by atoms with Gasteiger partial charge in [-0.3, -0.25) is 15.0 Å². The van der Waals surface area contributed by atoms with Crippen molar-refractivity contribution in [3.05, 3.63) is 24.2 Å². The first kappa shape index (κ1) is 14.6. The van der Waals surface area contributed by atoms with Crippen LogP contribution in [0.2, 0.25) is 0 Å². The van der Waals surface area contributed by atoms with Crippen molar-refractivity contribution in [1.29, 1.82) is 0 Å². The van der Waals surface area contributed by atoms with Crippen molar-refractivity contribution < 1.29 is 14.0 Å². The van der Waals surface area contributed by atoms with Gasteiger partial charge in [-0.25, -0.2) is 4.79 Å². The fourth-order valence-corrected chi connectivity index (χ4v) is 2.57. The second-order valence-corrected chi connectivity index (χ2v) is 4.98. The van der Waals surface area contributed by atoms with E-state index in [2.05, 4.69) is 15.5 Å². The molecule has 0 aliphatic carbocycles. The number of nitrogens with zero attached hydrogens (tertiary/aromatic N) is 1. The minimum Gasteiger partial charge on any atom is -0.468 e. The molecule has 1 aliphatic rings. The van der Waals surface area contributed by atoms with E-state index in [1.165, 1.54) is 7.05 Å². The van der Waals surface area contributed by atoms with Crippen LogP contribution in [-0.4, -0.2) is 37.0 Å². The number of rotatable bonds is 3. The smallest absolute Gasteiger partial charge is 0.321 e. The van der Waals surface area contributed by atoms with E-state index in [9.17, 15) is 9.59 Å². The highest BCUT2D eigenvalue weighted by atomic mass is 16.3. The fraction of sp³-hybridized carbons (Fsp3) is 0.571. The third-order valence-electron chi connectivity index (χ3n) is 3.56. The number of furan rings is 1. The molecule has 1 atom stereocenters. The van der Waals surface area contributed by atoms with Crippen LogP contribution in [0.15, 0.2) is 22.8 Å². The van der Waals surface area contributed by atoms with E-state index in [1.54, 1.807) is 6.26 Å². The topological polar surface area (TPSA) is 74.6 Å². The Labute approximate surface area is 118 Å². The zero-order valence-corrected chi connectivity index (χ0v) is 11.7. The Kier molecular flexibility index (Phi) is 5.17. The Morgan fingerprint density at radius 3 is 2.95 bits per heavy atom. The molecule has 1 aromatic heterocycles. The maximum Gasteiger partial charge on any atom is 0.321 e. The summed E-state index contributed by atoms with van der Waals surface area (Å²) in [6.07, 6.45) is 5.97. The maximum atomic E-state index is 11.9. The van der Waals surface area contributed by atoms with Crippen molar-refractivity contribution in [1.82, 2.24) is 15.5 Å². The molecule has 1 aliphatic heterocycles. The molecule has 0 aromatic carbocycles. The SMILES string of the molecule is CNC(=O)NC(=O)CN1CCCCCC1c1ccco1. The van der Waals surface area contributed by atoms with E-state index >= 15 is 0 Å². The van der Waals surface area contributed by atoms with Crippen LogP contribution < -0.4 is 10.6 Å². The van der Waals surface area contributed by atoms with E-state index in [0.717, 1.165) is 38.0 Å². The van der Waals surface area contributed by atoms with E-state index in [1.807, 2.05) is 12.1 Å². The number of hydrogen-bond donors (Lipinski definition) is 2. The predicted molar refractivity (Wildman–Crippen MR) is 74.1 cm³/mol. The van der Waals surface area contributed by atoms with E-state index in [0.29, 0.717) is 0 Å². The molecule has 20 heavy (non-hydrogen) atoms. The van der Waals surface area contributed by atoms with Crippen molar-refractivity contribution in [2.24, 2.45) is 0 Å². The van der Waals surface area contributed by atoms with Gasteiger partial charge in [0.05, 0.1) is 18.8 Å². The number of amides is 3. The van der Waals surface area contributed by atoms with Gasteiger partial charge in [0, 0.05) is 7.05 Å². The zero-order valence-electron chi connectivity index (χ0n) is 11.7.